The molecule has 8 radical (unpaired) electrons. The SMILES string of the molecule is [B]C([B])(c1cnc(-c2cc(-c3ccc(S(C)(C)C)cc3)c(S(C)(C)C)cc2C)cc1C([B])([B])C(C)(C)C)C(C)(C)C. The summed E-state index contributed by atoms with van der Waals surface area (Å²) in [5, 5.41) is -2.40. The summed E-state index contributed by atoms with van der Waals surface area (Å²) in [4.78, 5) is 7.73. The summed E-state index contributed by atoms with van der Waals surface area (Å²) in [5.74, 6) is 0. The molecule has 1 aromatic heterocycles. The monoisotopic (exact) mass is 577 g/mol. The van der Waals surface area contributed by atoms with E-state index >= 15 is 0 Å². The van der Waals surface area contributed by atoms with Crippen LogP contribution in [-0.2, 0) is 10.4 Å². The highest BCUT2D eigenvalue weighted by atomic mass is 32.3. The van der Waals surface area contributed by atoms with Crippen LogP contribution >= 0.6 is 20.1 Å². The fraction of sp³-hybridized carbons (Fsp3) is 0.500. The average Bonchev–Trinajstić information content (AvgIpc) is 2.81. The van der Waals surface area contributed by atoms with Crippen molar-refractivity contribution >= 4 is 51.4 Å². The third-order valence-electron chi connectivity index (χ3n) is 8.41. The molecule has 0 aliphatic heterocycles. The molecule has 41 heavy (non-hydrogen) atoms. The molecular formula is C34H47B4NS2. The van der Waals surface area contributed by atoms with Crippen LogP contribution in [0.1, 0.15) is 58.2 Å². The summed E-state index contributed by atoms with van der Waals surface area (Å²) in [7, 11) is 25.7. The summed E-state index contributed by atoms with van der Waals surface area (Å²) in [6, 6.07) is 15.8. The summed E-state index contributed by atoms with van der Waals surface area (Å²) in [5.41, 5.74) is 5.93. The van der Waals surface area contributed by atoms with Gasteiger partial charge in [0.2, 0.25) is 0 Å². The van der Waals surface area contributed by atoms with Crippen LogP contribution in [-0.4, -0.2) is 73.9 Å². The van der Waals surface area contributed by atoms with E-state index in [0.717, 1.165) is 22.4 Å². The van der Waals surface area contributed by atoms with E-state index in [4.69, 9.17) is 36.4 Å². The van der Waals surface area contributed by atoms with Crippen LogP contribution in [0, 0.1) is 17.8 Å². The van der Waals surface area contributed by atoms with Gasteiger partial charge in [0.1, 0.15) is 0 Å². The first-order chi connectivity index (χ1) is 18.3. The molecule has 3 rings (SSSR count). The van der Waals surface area contributed by atoms with Crippen LogP contribution in [0.3, 0.4) is 0 Å². The summed E-state index contributed by atoms with van der Waals surface area (Å²) in [6.45, 7) is 14.3. The fourth-order valence-corrected chi connectivity index (χ4v) is 7.13. The van der Waals surface area contributed by atoms with Crippen molar-refractivity contribution < 1.29 is 0 Å². The standard InChI is InChI=1S/C34H47B4NS2/c1-22-18-30(41(11,12)13)26(23-14-16-24(17-15-23)40(8,9)10)19-25(22)29-20-27(33(35,36)31(2,3)4)28(21-39-29)34(37,38)32(5,6)7/h14-21H,1-13H3. The van der Waals surface area contributed by atoms with Crippen molar-refractivity contribution in [1.82, 2.24) is 4.98 Å². The van der Waals surface area contributed by atoms with Crippen molar-refractivity contribution in [3.05, 3.63) is 65.4 Å². The Kier molecular flexibility index (Phi) is 9.07. The zero-order chi connectivity index (χ0) is 31.6. The quantitative estimate of drug-likeness (QED) is 0.272. The molecule has 0 fully saturated rings. The minimum atomic E-state index is -1.20. The molecular weight excluding hydrogens is 530 g/mol. The Balaban J connectivity index is 2.36. The maximum atomic E-state index is 6.94. The molecule has 1 nitrogen and oxygen atoms in total. The van der Waals surface area contributed by atoms with Crippen LogP contribution in [0.2, 0.25) is 0 Å². The number of hydrogen-bond acceptors (Lipinski definition) is 1. The highest BCUT2D eigenvalue weighted by Crippen LogP contribution is 2.53. The van der Waals surface area contributed by atoms with Gasteiger partial charge in [0.05, 0.1) is 37.1 Å². The number of hydrogen-bond donors (Lipinski definition) is 0. The van der Waals surface area contributed by atoms with Crippen molar-refractivity contribution in [2.24, 2.45) is 10.8 Å². The van der Waals surface area contributed by atoms with Gasteiger partial charge in [-0.15, -0.1) is 0 Å². The Morgan fingerprint density at radius 2 is 1.10 bits per heavy atom. The molecule has 0 atom stereocenters. The molecule has 0 saturated heterocycles. The molecule has 7 heteroatoms. The molecule has 0 aliphatic rings. The predicted molar refractivity (Wildman–Crippen MR) is 192 cm³/mol. The molecule has 1 heterocycles. The Labute approximate surface area is 260 Å². The first kappa shape index (κ1) is 34.0. The van der Waals surface area contributed by atoms with Crippen molar-refractivity contribution in [1.29, 1.82) is 0 Å². The average molecular weight is 577 g/mol. The van der Waals surface area contributed by atoms with E-state index in [1.807, 2.05) is 47.6 Å². The highest BCUT2D eigenvalue weighted by molar-refractivity contribution is 8.32. The van der Waals surface area contributed by atoms with Crippen LogP contribution in [0.25, 0.3) is 22.4 Å². The lowest BCUT2D eigenvalue weighted by Gasteiger charge is -2.48. The number of benzene rings is 2. The van der Waals surface area contributed by atoms with Crippen molar-refractivity contribution in [2.45, 2.75) is 68.7 Å². The number of rotatable bonds is 6. The van der Waals surface area contributed by atoms with Gasteiger partial charge in [0.25, 0.3) is 0 Å². The Morgan fingerprint density at radius 1 is 0.610 bits per heavy atom. The van der Waals surface area contributed by atoms with E-state index in [1.165, 1.54) is 20.9 Å². The normalized spacial score (nSPS) is 14.7. The largest absolute Gasteiger partial charge is 0.256 e. The minimum Gasteiger partial charge on any atom is -0.256 e. The van der Waals surface area contributed by atoms with E-state index in [9.17, 15) is 0 Å². The molecule has 0 bridgehead atoms. The van der Waals surface area contributed by atoms with E-state index < -0.39 is 41.3 Å². The fourth-order valence-electron chi connectivity index (χ4n) is 4.81. The number of nitrogens with zero attached hydrogens (tertiary/aromatic N) is 1. The second-order valence-corrected chi connectivity index (χ2v) is 23.5. The molecule has 0 unspecified atom stereocenters. The van der Waals surface area contributed by atoms with Gasteiger partial charge in [-0.2, -0.15) is 0 Å². The van der Waals surface area contributed by atoms with E-state index in [1.54, 1.807) is 6.20 Å². The lowest BCUT2D eigenvalue weighted by molar-refractivity contribution is 0.335. The van der Waals surface area contributed by atoms with Crippen molar-refractivity contribution in [3.63, 3.8) is 0 Å². The van der Waals surface area contributed by atoms with Gasteiger partial charge in [-0.05, 0) is 118 Å². The lowest BCUT2D eigenvalue weighted by Crippen LogP contribution is -2.47. The van der Waals surface area contributed by atoms with Gasteiger partial charge in [-0.1, -0.05) is 69.7 Å². The van der Waals surface area contributed by atoms with Crippen LogP contribution in [0.5, 0.6) is 0 Å². The number of aromatic nitrogens is 1. The van der Waals surface area contributed by atoms with E-state index in [-0.39, 0.29) is 0 Å². The van der Waals surface area contributed by atoms with Gasteiger partial charge in [0.15, 0.2) is 0 Å². The Hall–Kier alpha value is -1.45. The highest BCUT2D eigenvalue weighted by Gasteiger charge is 2.41. The Bertz CT molecular complexity index is 1420. The summed E-state index contributed by atoms with van der Waals surface area (Å²) in [6.07, 6.45) is 15.8. The zero-order valence-corrected chi connectivity index (χ0v) is 29.3. The smallest absolute Gasteiger partial charge is 0.0707 e. The molecule has 0 spiro atoms. The first-order valence-corrected chi connectivity index (χ1v) is 19.8. The molecule has 0 saturated carbocycles. The van der Waals surface area contributed by atoms with Gasteiger partial charge in [-0.3, -0.25) is 4.98 Å². The molecule has 212 valence electrons. The lowest BCUT2D eigenvalue weighted by atomic mass is 9.35. The van der Waals surface area contributed by atoms with Gasteiger partial charge < -0.3 is 0 Å². The van der Waals surface area contributed by atoms with E-state index in [2.05, 4.69) is 80.9 Å². The molecule has 0 amide bonds. The molecule has 0 N–H and O–H groups in total. The second kappa shape index (κ2) is 10.9. The Morgan fingerprint density at radius 3 is 1.54 bits per heavy atom. The van der Waals surface area contributed by atoms with Crippen molar-refractivity contribution in [3.8, 4) is 22.4 Å². The minimum absolute atomic E-state index is 0.458. The third kappa shape index (κ3) is 6.72. The number of aryl methyl sites for hydroxylation is 1. The van der Waals surface area contributed by atoms with Crippen molar-refractivity contribution in [2.75, 3.05) is 37.5 Å². The van der Waals surface area contributed by atoms with Gasteiger partial charge >= 0.3 is 0 Å². The van der Waals surface area contributed by atoms with Gasteiger partial charge in [0, 0.05) is 11.8 Å². The maximum Gasteiger partial charge on any atom is 0.0707 e. The summed E-state index contributed by atoms with van der Waals surface area (Å²) >= 11 is 0. The molecule has 2 aromatic carbocycles. The predicted octanol–water partition coefficient (Wildman–Crippen LogP) is 7.90. The first-order valence-electron chi connectivity index (χ1n) is 14.1. The van der Waals surface area contributed by atoms with E-state index in [0.29, 0.717) is 5.56 Å². The second-order valence-electron chi connectivity index (χ2n) is 15.2. The topological polar surface area (TPSA) is 12.9 Å². The van der Waals surface area contributed by atoms with Gasteiger partial charge in [-0.25, -0.2) is 20.1 Å². The molecule has 3 aromatic rings. The number of pyridine rings is 1. The maximum absolute atomic E-state index is 6.94. The van der Waals surface area contributed by atoms with Crippen LogP contribution in [0.4, 0.5) is 0 Å². The third-order valence-corrected chi connectivity index (χ3v) is 11.8. The van der Waals surface area contributed by atoms with Crippen LogP contribution in [0.15, 0.2) is 58.5 Å². The zero-order valence-electron chi connectivity index (χ0n) is 27.7. The summed E-state index contributed by atoms with van der Waals surface area (Å²) < 4.78 is 0. The van der Waals surface area contributed by atoms with Crippen LogP contribution < -0.4 is 0 Å². The molecule has 0 aliphatic carbocycles.